The van der Waals surface area contributed by atoms with Crippen molar-refractivity contribution in [2.75, 3.05) is 5.32 Å². The van der Waals surface area contributed by atoms with Gasteiger partial charge in [0.1, 0.15) is 0 Å². The number of anilines is 1. The molecule has 1 heterocycles. The quantitative estimate of drug-likeness (QED) is 0.884. The van der Waals surface area contributed by atoms with Crippen LogP contribution in [0.5, 0.6) is 0 Å². The predicted molar refractivity (Wildman–Crippen MR) is 76.4 cm³/mol. The smallest absolute Gasteiger partial charge is 0.278 e. The molecule has 1 aromatic carbocycles. The molecule has 104 valence electrons. The molecule has 0 saturated heterocycles. The first-order valence-corrected chi connectivity index (χ1v) is 7.96. The lowest BCUT2D eigenvalue weighted by Crippen LogP contribution is -2.12. The highest BCUT2D eigenvalue weighted by atomic mass is 35.7. The zero-order valence-electron chi connectivity index (χ0n) is 10.5. The van der Waals surface area contributed by atoms with Crippen LogP contribution in [0.3, 0.4) is 0 Å². The fourth-order valence-electron chi connectivity index (χ4n) is 1.59. The van der Waals surface area contributed by atoms with Crippen LogP contribution in [-0.4, -0.2) is 19.3 Å². The monoisotopic (exact) mass is 310 g/mol. The van der Waals surface area contributed by atoms with Gasteiger partial charge in [-0.15, -0.1) is 0 Å². The minimum atomic E-state index is -3.86. The van der Waals surface area contributed by atoms with Crippen molar-refractivity contribution in [2.24, 2.45) is 0 Å². The van der Waals surface area contributed by atoms with Crippen LogP contribution in [0.2, 0.25) is 0 Å². The number of halogens is 1. The van der Waals surface area contributed by atoms with E-state index in [-0.39, 0.29) is 10.9 Å². The van der Waals surface area contributed by atoms with Gasteiger partial charge in [-0.1, -0.05) is 17.7 Å². The molecule has 0 aliphatic heterocycles. The third kappa shape index (κ3) is 3.55. The van der Waals surface area contributed by atoms with E-state index < -0.39 is 9.05 Å². The van der Waals surface area contributed by atoms with Gasteiger partial charge in [0.05, 0.1) is 11.9 Å². The van der Waals surface area contributed by atoms with Gasteiger partial charge in [0.2, 0.25) is 0 Å². The SMILES string of the molecule is Cc1cccc(C(=O)Nc2ccc(S(=O)(=O)Cl)nc2)c1. The summed E-state index contributed by atoms with van der Waals surface area (Å²) in [6.45, 7) is 1.89. The van der Waals surface area contributed by atoms with E-state index in [2.05, 4.69) is 10.3 Å². The summed E-state index contributed by atoms with van der Waals surface area (Å²) in [5.74, 6) is -0.294. The number of carbonyl (C=O) groups is 1. The third-order valence-corrected chi connectivity index (χ3v) is 3.74. The molecule has 0 unspecified atom stereocenters. The van der Waals surface area contributed by atoms with Gasteiger partial charge in [-0.3, -0.25) is 4.79 Å². The fourth-order valence-corrected chi connectivity index (χ4v) is 2.27. The molecule has 0 radical (unpaired) electrons. The molecule has 1 N–H and O–H groups in total. The molecule has 0 bridgehead atoms. The van der Waals surface area contributed by atoms with Crippen LogP contribution in [0.4, 0.5) is 5.69 Å². The van der Waals surface area contributed by atoms with Crippen LogP contribution in [0, 0.1) is 6.92 Å². The van der Waals surface area contributed by atoms with Gasteiger partial charge in [0, 0.05) is 16.2 Å². The molecule has 7 heteroatoms. The number of aryl methyl sites for hydroxylation is 1. The summed E-state index contributed by atoms with van der Waals surface area (Å²) in [6.07, 6.45) is 1.24. The first-order valence-electron chi connectivity index (χ1n) is 5.65. The maximum absolute atomic E-state index is 12.0. The zero-order valence-corrected chi connectivity index (χ0v) is 12.1. The predicted octanol–water partition coefficient (Wildman–Crippen LogP) is 2.57. The lowest BCUT2D eigenvalue weighted by Gasteiger charge is -2.05. The van der Waals surface area contributed by atoms with Gasteiger partial charge in [0.15, 0.2) is 5.03 Å². The minimum Gasteiger partial charge on any atom is -0.321 e. The molecule has 0 spiro atoms. The fraction of sp³-hybridized carbons (Fsp3) is 0.0769. The van der Waals surface area contributed by atoms with E-state index in [1.807, 2.05) is 13.0 Å². The molecule has 2 rings (SSSR count). The average molecular weight is 311 g/mol. The summed E-state index contributed by atoms with van der Waals surface area (Å²) in [5.41, 5.74) is 1.87. The molecule has 20 heavy (non-hydrogen) atoms. The summed E-state index contributed by atoms with van der Waals surface area (Å²) in [4.78, 5) is 15.6. The van der Waals surface area contributed by atoms with Gasteiger partial charge in [-0.25, -0.2) is 13.4 Å². The molecule has 0 saturated carbocycles. The summed E-state index contributed by atoms with van der Waals surface area (Å²) in [5, 5.41) is 2.37. The number of amides is 1. The Morgan fingerprint density at radius 3 is 2.55 bits per heavy atom. The molecular weight excluding hydrogens is 300 g/mol. The Balaban J connectivity index is 2.16. The van der Waals surface area contributed by atoms with Crippen LogP contribution in [0.25, 0.3) is 0 Å². The van der Waals surface area contributed by atoms with Gasteiger partial charge in [-0.05, 0) is 31.2 Å². The lowest BCUT2D eigenvalue weighted by molar-refractivity contribution is 0.102. The molecule has 0 aliphatic rings. The van der Waals surface area contributed by atoms with E-state index in [0.717, 1.165) is 5.56 Å². The second-order valence-corrected chi connectivity index (χ2v) is 6.66. The zero-order chi connectivity index (χ0) is 14.8. The van der Waals surface area contributed by atoms with E-state index in [9.17, 15) is 13.2 Å². The van der Waals surface area contributed by atoms with Gasteiger partial charge < -0.3 is 5.32 Å². The Hall–Kier alpha value is -1.92. The van der Waals surface area contributed by atoms with Crippen LogP contribution in [0.15, 0.2) is 47.6 Å². The molecule has 2 aromatic rings. The Morgan fingerprint density at radius 2 is 2.00 bits per heavy atom. The standard InChI is InChI=1S/C13H11ClN2O3S/c1-9-3-2-4-10(7-9)13(17)16-11-5-6-12(15-8-11)20(14,18)19/h2-8H,1H3,(H,16,17). The topological polar surface area (TPSA) is 76.1 Å². The number of hydrogen-bond donors (Lipinski definition) is 1. The highest BCUT2D eigenvalue weighted by Crippen LogP contribution is 2.15. The van der Waals surface area contributed by atoms with Crippen LogP contribution < -0.4 is 5.32 Å². The lowest BCUT2D eigenvalue weighted by atomic mass is 10.1. The average Bonchev–Trinajstić information content (AvgIpc) is 2.38. The first-order chi connectivity index (χ1) is 9.36. The van der Waals surface area contributed by atoms with E-state index in [0.29, 0.717) is 11.3 Å². The molecule has 1 amide bonds. The van der Waals surface area contributed by atoms with Gasteiger partial charge >= 0.3 is 0 Å². The Kier molecular flexibility index (Phi) is 4.06. The molecule has 0 fully saturated rings. The van der Waals surface area contributed by atoms with Crippen molar-refractivity contribution < 1.29 is 13.2 Å². The molecule has 0 aliphatic carbocycles. The van der Waals surface area contributed by atoms with E-state index in [1.165, 1.54) is 18.3 Å². The van der Waals surface area contributed by atoms with E-state index >= 15 is 0 Å². The van der Waals surface area contributed by atoms with Crippen molar-refractivity contribution in [3.63, 3.8) is 0 Å². The van der Waals surface area contributed by atoms with E-state index in [1.54, 1.807) is 18.2 Å². The summed E-state index contributed by atoms with van der Waals surface area (Å²) < 4.78 is 22.1. The molecule has 0 atom stereocenters. The van der Waals surface area contributed by atoms with Crippen molar-refractivity contribution in [1.82, 2.24) is 4.98 Å². The Morgan fingerprint density at radius 1 is 1.25 bits per heavy atom. The number of pyridine rings is 1. The van der Waals surface area contributed by atoms with Crippen LogP contribution >= 0.6 is 10.7 Å². The second kappa shape index (κ2) is 5.60. The van der Waals surface area contributed by atoms with Crippen LogP contribution in [0.1, 0.15) is 15.9 Å². The number of carbonyl (C=O) groups excluding carboxylic acids is 1. The van der Waals surface area contributed by atoms with Crippen molar-refractivity contribution >= 4 is 31.3 Å². The summed E-state index contributed by atoms with van der Waals surface area (Å²) in [7, 11) is 1.29. The van der Waals surface area contributed by atoms with Crippen molar-refractivity contribution in [1.29, 1.82) is 0 Å². The number of aromatic nitrogens is 1. The Bertz CT molecular complexity index is 742. The Labute approximate surface area is 121 Å². The van der Waals surface area contributed by atoms with Gasteiger partial charge in [-0.2, -0.15) is 0 Å². The summed E-state index contributed by atoms with van der Waals surface area (Å²) >= 11 is 0. The first kappa shape index (κ1) is 14.5. The highest BCUT2D eigenvalue weighted by molar-refractivity contribution is 8.13. The summed E-state index contributed by atoms with van der Waals surface area (Å²) in [6, 6.07) is 9.77. The van der Waals surface area contributed by atoms with Crippen molar-refractivity contribution in [3.8, 4) is 0 Å². The van der Waals surface area contributed by atoms with Crippen molar-refractivity contribution in [2.45, 2.75) is 11.9 Å². The molecule has 5 nitrogen and oxygen atoms in total. The number of hydrogen-bond acceptors (Lipinski definition) is 4. The second-order valence-electron chi connectivity index (χ2n) is 4.15. The largest absolute Gasteiger partial charge is 0.321 e. The molecular formula is C13H11ClN2O3S. The number of rotatable bonds is 3. The molecule has 1 aromatic heterocycles. The van der Waals surface area contributed by atoms with Gasteiger partial charge in [0.25, 0.3) is 15.0 Å². The van der Waals surface area contributed by atoms with E-state index in [4.69, 9.17) is 10.7 Å². The number of nitrogens with zero attached hydrogens (tertiary/aromatic N) is 1. The van der Waals surface area contributed by atoms with Crippen molar-refractivity contribution in [3.05, 3.63) is 53.7 Å². The highest BCUT2D eigenvalue weighted by Gasteiger charge is 2.12. The maximum Gasteiger partial charge on any atom is 0.278 e. The normalized spacial score (nSPS) is 11.1. The minimum absolute atomic E-state index is 0.257. The number of nitrogens with one attached hydrogen (secondary N) is 1. The maximum atomic E-state index is 12.0. The van der Waals surface area contributed by atoms with Crippen LogP contribution in [-0.2, 0) is 9.05 Å². The number of benzene rings is 1. The third-order valence-electron chi connectivity index (χ3n) is 2.52.